The Morgan fingerprint density at radius 2 is 1.86 bits per heavy atom. The van der Waals surface area contributed by atoms with Gasteiger partial charge in [0, 0.05) is 13.6 Å². The largest absolute Gasteiger partial charge is 0.394 e. The van der Waals surface area contributed by atoms with Gasteiger partial charge in [-0.15, -0.1) is 0 Å². The van der Waals surface area contributed by atoms with Gasteiger partial charge >= 0.3 is 5.69 Å². The van der Waals surface area contributed by atoms with Gasteiger partial charge in [-0.25, -0.2) is 4.79 Å². The second kappa shape index (κ2) is 6.13. The number of amides is 1. The number of aryl methyl sites for hydroxylation is 1. The van der Waals surface area contributed by atoms with Crippen molar-refractivity contribution in [2.45, 2.75) is 33.0 Å². The van der Waals surface area contributed by atoms with E-state index in [9.17, 15) is 9.59 Å². The maximum Gasteiger partial charge on any atom is 0.329 e. The van der Waals surface area contributed by atoms with E-state index in [1.807, 2.05) is 31.2 Å². The van der Waals surface area contributed by atoms with Crippen LogP contribution in [0, 0.1) is 0 Å². The molecule has 0 aliphatic carbocycles. The van der Waals surface area contributed by atoms with Crippen molar-refractivity contribution in [3.63, 3.8) is 0 Å². The lowest BCUT2D eigenvalue weighted by Gasteiger charge is -2.23. The summed E-state index contributed by atoms with van der Waals surface area (Å²) >= 11 is 0. The minimum atomic E-state index is -0.271. The first-order chi connectivity index (χ1) is 10.0. The molecule has 1 unspecified atom stereocenters. The summed E-state index contributed by atoms with van der Waals surface area (Å²) in [5.74, 6) is -0.197. The van der Waals surface area contributed by atoms with Crippen molar-refractivity contribution in [3.05, 3.63) is 34.7 Å². The van der Waals surface area contributed by atoms with Crippen molar-refractivity contribution in [2.75, 3.05) is 13.7 Å². The molecule has 1 aromatic heterocycles. The van der Waals surface area contributed by atoms with Gasteiger partial charge in [0.25, 0.3) is 0 Å². The number of aliphatic hydroxyl groups excluding tert-OH is 1. The Kier molecular flexibility index (Phi) is 4.47. The van der Waals surface area contributed by atoms with Crippen molar-refractivity contribution in [3.8, 4) is 0 Å². The van der Waals surface area contributed by atoms with Gasteiger partial charge in [0.05, 0.1) is 23.7 Å². The number of hydrogen-bond donors (Lipinski definition) is 1. The summed E-state index contributed by atoms with van der Waals surface area (Å²) in [6, 6.07) is 7.17. The molecule has 0 saturated heterocycles. The Bertz CT molecular complexity index is 702. The Hall–Kier alpha value is -2.08. The summed E-state index contributed by atoms with van der Waals surface area (Å²) in [6.07, 6.45) is 0. The molecule has 2 rings (SSSR count). The third-order valence-corrected chi connectivity index (χ3v) is 3.85. The zero-order valence-electron chi connectivity index (χ0n) is 12.6. The van der Waals surface area contributed by atoms with Crippen LogP contribution in [0.5, 0.6) is 0 Å². The van der Waals surface area contributed by atoms with Crippen LogP contribution in [-0.4, -0.2) is 44.7 Å². The molecule has 0 bridgehead atoms. The molecule has 114 valence electrons. The molecule has 1 N–H and O–H groups in total. The third kappa shape index (κ3) is 2.71. The molecule has 1 aromatic carbocycles. The van der Waals surface area contributed by atoms with E-state index in [0.717, 1.165) is 11.0 Å². The third-order valence-electron chi connectivity index (χ3n) is 3.85. The number of likely N-dealkylation sites (N-methyl/N-ethyl adjacent to an activating group) is 1. The van der Waals surface area contributed by atoms with Crippen molar-refractivity contribution >= 4 is 16.9 Å². The molecule has 2 aromatic rings. The van der Waals surface area contributed by atoms with Crippen LogP contribution < -0.4 is 5.69 Å². The van der Waals surface area contributed by atoms with Gasteiger partial charge in [0.15, 0.2) is 0 Å². The molecule has 0 spiro atoms. The zero-order chi connectivity index (χ0) is 15.6. The zero-order valence-corrected chi connectivity index (χ0v) is 12.6. The molecule has 0 aliphatic rings. The first-order valence-corrected chi connectivity index (χ1v) is 7.05. The number of nitrogens with zero attached hydrogens (tertiary/aromatic N) is 3. The lowest BCUT2D eigenvalue weighted by Crippen LogP contribution is -2.40. The van der Waals surface area contributed by atoms with Gasteiger partial charge in [-0.05, 0) is 26.0 Å². The molecular formula is C15H21N3O3. The minimum absolute atomic E-state index is 0.0206. The number of fused-ring (bicyclic) bond motifs is 1. The maximum absolute atomic E-state index is 12.4. The number of para-hydroxylation sites is 2. The molecule has 1 atom stereocenters. The number of aromatic nitrogens is 2. The molecule has 21 heavy (non-hydrogen) atoms. The molecule has 1 heterocycles. The lowest BCUT2D eigenvalue weighted by molar-refractivity contribution is -0.133. The first kappa shape index (κ1) is 15.3. The van der Waals surface area contributed by atoms with Crippen LogP contribution in [0.15, 0.2) is 29.1 Å². The van der Waals surface area contributed by atoms with Crippen LogP contribution in [0.2, 0.25) is 0 Å². The van der Waals surface area contributed by atoms with Crippen molar-refractivity contribution in [1.29, 1.82) is 0 Å². The predicted molar refractivity (Wildman–Crippen MR) is 81.2 cm³/mol. The summed E-state index contributed by atoms with van der Waals surface area (Å²) in [7, 11) is 1.63. The maximum atomic E-state index is 12.4. The van der Waals surface area contributed by atoms with Crippen LogP contribution in [0.1, 0.15) is 13.8 Å². The van der Waals surface area contributed by atoms with E-state index in [1.54, 1.807) is 18.5 Å². The molecule has 0 saturated carbocycles. The number of rotatable bonds is 5. The molecule has 0 radical (unpaired) electrons. The van der Waals surface area contributed by atoms with E-state index >= 15 is 0 Å². The average Bonchev–Trinajstić information content (AvgIpc) is 2.77. The SMILES string of the molecule is CCn1c(=O)n(CC(=O)N(C)C(C)CO)c2ccccc21. The van der Waals surface area contributed by atoms with Gasteiger partial charge in [0.1, 0.15) is 6.54 Å². The van der Waals surface area contributed by atoms with Crippen molar-refractivity contribution in [2.24, 2.45) is 0 Å². The fourth-order valence-corrected chi connectivity index (χ4v) is 2.35. The number of imidazole rings is 1. The highest BCUT2D eigenvalue weighted by Crippen LogP contribution is 2.13. The standard InChI is InChI=1S/C15H21N3O3/c1-4-17-12-7-5-6-8-13(12)18(15(17)21)9-14(20)16(3)11(2)10-19/h5-8,11,19H,4,9-10H2,1-3H3. The number of benzene rings is 1. The quantitative estimate of drug-likeness (QED) is 0.880. The van der Waals surface area contributed by atoms with Crippen LogP contribution in [0.4, 0.5) is 0 Å². The van der Waals surface area contributed by atoms with E-state index in [2.05, 4.69) is 0 Å². The summed E-state index contributed by atoms with van der Waals surface area (Å²) in [5.41, 5.74) is 1.40. The van der Waals surface area contributed by atoms with Crippen LogP contribution in [-0.2, 0) is 17.9 Å². The van der Waals surface area contributed by atoms with Crippen LogP contribution >= 0.6 is 0 Å². The highest BCUT2D eigenvalue weighted by molar-refractivity contribution is 5.81. The highest BCUT2D eigenvalue weighted by Gasteiger charge is 2.19. The molecule has 6 heteroatoms. The second-order valence-corrected chi connectivity index (χ2v) is 5.14. The number of carbonyl (C=O) groups is 1. The summed E-state index contributed by atoms with van der Waals surface area (Å²) < 4.78 is 3.14. The molecule has 0 aliphatic heterocycles. The van der Waals surface area contributed by atoms with Crippen molar-refractivity contribution < 1.29 is 9.90 Å². The minimum Gasteiger partial charge on any atom is -0.394 e. The smallest absolute Gasteiger partial charge is 0.329 e. The Morgan fingerprint density at radius 3 is 2.38 bits per heavy atom. The summed E-state index contributed by atoms with van der Waals surface area (Å²) in [5, 5.41) is 9.12. The van der Waals surface area contributed by atoms with E-state index in [1.165, 1.54) is 9.47 Å². The van der Waals surface area contributed by atoms with Gasteiger partial charge in [0.2, 0.25) is 5.91 Å². The molecular weight excluding hydrogens is 270 g/mol. The normalized spacial score (nSPS) is 12.6. The number of carbonyl (C=O) groups excluding carboxylic acids is 1. The van der Waals surface area contributed by atoms with Crippen LogP contribution in [0.25, 0.3) is 11.0 Å². The summed E-state index contributed by atoms with van der Waals surface area (Å²) in [4.78, 5) is 26.1. The van der Waals surface area contributed by atoms with Crippen molar-refractivity contribution in [1.82, 2.24) is 14.0 Å². The van der Waals surface area contributed by atoms with Gasteiger partial charge < -0.3 is 10.0 Å². The first-order valence-electron chi connectivity index (χ1n) is 7.05. The Balaban J connectivity index is 2.41. The fourth-order valence-electron chi connectivity index (χ4n) is 2.35. The molecule has 1 amide bonds. The fraction of sp³-hybridized carbons (Fsp3) is 0.467. The molecule has 6 nitrogen and oxygen atoms in total. The Morgan fingerprint density at radius 1 is 1.29 bits per heavy atom. The highest BCUT2D eigenvalue weighted by atomic mass is 16.3. The van der Waals surface area contributed by atoms with Gasteiger partial charge in [-0.1, -0.05) is 12.1 Å². The Labute approximate surface area is 123 Å². The summed E-state index contributed by atoms with van der Waals surface area (Å²) in [6.45, 7) is 4.10. The number of hydrogen-bond acceptors (Lipinski definition) is 3. The van der Waals surface area contributed by atoms with Gasteiger partial charge in [-0.3, -0.25) is 13.9 Å². The number of aliphatic hydroxyl groups is 1. The second-order valence-electron chi connectivity index (χ2n) is 5.14. The van der Waals surface area contributed by atoms with Gasteiger partial charge in [-0.2, -0.15) is 0 Å². The van der Waals surface area contributed by atoms with E-state index in [-0.39, 0.29) is 30.8 Å². The monoisotopic (exact) mass is 291 g/mol. The molecule has 0 fully saturated rings. The lowest BCUT2D eigenvalue weighted by atomic mass is 10.3. The van der Waals surface area contributed by atoms with E-state index in [4.69, 9.17) is 5.11 Å². The van der Waals surface area contributed by atoms with E-state index in [0.29, 0.717) is 6.54 Å². The van der Waals surface area contributed by atoms with E-state index < -0.39 is 0 Å². The topological polar surface area (TPSA) is 67.5 Å². The average molecular weight is 291 g/mol. The van der Waals surface area contributed by atoms with Crippen LogP contribution in [0.3, 0.4) is 0 Å². The predicted octanol–water partition coefficient (Wildman–Crippen LogP) is 0.662.